The molecule has 0 bridgehead atoms. The number of hydrogen-bond donors (Lipinski definition) is 1. The van der Waals surface area contributed by atoms with E-state index in [1.807, 2.05) is 31.2 Å². The van der Waals surface area contributed by atoms with Gasteiger partial charge in [0.2, 0.25) is 5.91 Å². The molecule has 0 aliphatic heterocycles. The minimum absolute atomic E-state index is 0.102. The van der Waals surface area contributed by atoms with Crippen molar-refractivity contribution in [1.82, 2.24) is 5.32 Å². The Kier molecular flexibility index (Phi) is 8.36. The molecule has 0 spiro atoms. The molecule has 8 heteroatoms. The second-order valence-corrected chi connectivity index (χ2v) is 9.81. The summed E-state index contributed by atoms with van der Waals surface area (Å²) >= 11 is 6.18. The molecule has 0 radical (unpaired) electrons. The van der Waals surface area contributed by atoms with Gasteiger partial charge in [0.25, 0.3) is 10.0 Å². The van der Waals surface area contributed by atoms with Crippen molar-refractivity contribution in [3.8, 4) is 5.75 Å². The van der Waals surface area contributed by atoms with Crippen molar-refractivity contribution in [1.29, 1.82) is 0 Å². The van der Waals surface area contributed by atoms with E-state index < -0.39 is 15.9 Å². The van der Waals surface area contributed by atoms with Crippen molar-refractivity contribution in [3.05, 3.63) is 88.9 Å². The maximum atomic E-state index is 13.5. The molecule has 0 saturated carbocycles. The fourth-order valence-corrected chi connectivity index (χ4v) is 5.03. The molecule has 3 rings (SSSR count). The largest absolute Gasteiger partial charge is 0.495 e. The fraction of sp³-hybridized carbons (Fsp3) is 0.240. The normalized spacial score (nSPS) is 11.1. The molecule has 174 valence electrons. The van der Waals surface area contributed by atoms with Crippen LogP contribution in [0.4, 0.5) is 5.69 Å². The Morgan fingerprint density at radius 1 is 1.00 bits per heavy atom. The van der Waals surface area contributed by atoms with E-state index in [4.69, 9.17) is 16.3 Å². The Morgan fingerprint density at radius 3 is 2.36 bits per heavy atom. The lowest BCUT2D eigenvalue weighted by atomic mass is 10.1. The number of halogens is 1. The van der Waals surface area contributed by atoms with Crippen molar-refractivity contribution in [2.75, 3.05) is 24.5 Å². The van der Waals surface area contributed by atoms with Gasteiger partial charge in [0.05, 0.1) is 17.7 Å². The smallest absolute Gasteiger partial charge is 0.264 e. The molecular weight excluding hydrogens is 460 g/mol. The summed E-state index contributed by atoms with van der Waals surface area (Å²) in [7, 11) is -2.54. The number of methoxy groups -OCH3 is 1. The van der Waals surface area contributed by atoms with Crippen LogP contribution >= 0.6 is 11.6 Å². The van der Waals surface area contributed by atoms with Gasteiger partial charge in [0.1, 0.15) is 12.3 Å². The van der Waals surface area contributed by atoms with E-state index in [0.29, 0.717) is 35.8 Å². The molecule has 3 aromatic rings. The summed E-state index contributed by atoms with van der Waals surface area (Å²) in [6.45, 7) is 1.90. The minimum Gasteiger partial charge on any atom is -0.495 e. The number of aryl methyl sites for hydroxylation is 2. The van der Waals surface area contributed by atoms with Crippen LogP contribution in [0.1, 0.15) is 17.5 Å². The number of nitrogens with one attached hydrogen (secondary N) is 1. The molecule has 0 fully saturated rings. The summed E-state index contributed by atoms with van der Waals surface area (Å²) in [5.74, 6) is -0.0459. The van der Waals surface area contributed by atoms with Gasteiger partial charge in [-0.3, -0.25) is 9.10 Å². The molecule has 1 amide bonds. The number of hydrogen-bond acceptors (Lipinski definition) is 4. The van der Waals surface area contributed by atoms with Gasteiger partial charge in [-0.15, -0.1) is 0 Å². The number of anilines is 1. The topological polar surface area (TPSA) is 75.7 Å². The number of benzene rings is 3. The van der Waals surface area contributed by atoms with E-state index in [9.17, 15) is 13.2 Å². The molecule has 0 aliphatic carbocycles. The van der Waals surface area contributed by atoms with Gasteiger partial charge in [0.15, 0.2) is 0 Å². The molecule has 1 N–H and O–H groups in total. The maximum absolute atomic E-state index is 13.5. The number of ether oxygens (including phenoxy) is 1. The average molecular weight is 487 g/mol. The maximum Gasteiger partial charge on any atom is 0.264 e. The van der Waals surface area contributed by atoms with Crippen LogP contribution in [0.2, 0.25) is 5.02 Å². The van der Waals surface area contributed by atoms with Crippen LogP contribution in [0.3, 0.4) is 0 Å². The fourth-order valence-electron chi connectivity index (χ4n) is 3.37. The molecule has 3 aromatic carbocycles. The first kappa shape index (κ1) is 24.6. The van der Waals surface area contributed by atoms with Crippen molar-refractivity contribution in [2.45, 2.75) is 24.7 Å². The summed E-state index contributed by atoms with van der Waals surface area (Å²) < 4.78 is 33.4. The Bertz CT molecular complexity index is 1200. The van der Waals surface area contributed by atoms with Crippen LogP contribution in [-0.2, 0) is 21.2 Å². The average Bonchev–Trinajstić information content (AvgIpc) is 2.81. The number of carbonyl (C=O) groups is 1. The molecule has 0 saturated heterocycles. The highest BCUT2D eigenvalue weighted by Crippen LogP contribution is 2.32. The van der Waals surface area contributed by atoms with Crippen LogP contribution in [-0.4, -0.2) is 34.5 Å². The van der Waals surface area contributed by atoms with Gasteiger partial charge in [-0.05, 0) is 55.7 Å². The highest BCUT2D eigenvalue weighted by molar-refractivity contribution is 7.92. The molecule has 0 atom stereocenters. The van der Waals surface area contributed by atoms with E-state index in [1.54, 1.807) is 36.4 Å². The molecule has 6 nitrogen and oxygen atoms in total. The van der Waals surface area contributed by atoms with Crippen LogP contribution in [0.25, 0.3) is 0 Å². The molecule has 33 heavy (non-hydrogen) atoms. The van der Waals surface area contributed by atoms with Gasteiger partial charge < -0.3 is 10.1 Å². The number of nitrogens with zero attached hydrogens (tertiary/aromatic N) is 1. The summed E-state index contributed by atoms with van der Waals surface area (Å²) in [6, 6.07) is 20.8. The third kappa shape index (κ3) is 6.27. The number of para-hydroxylation sites is 2. The number of amides is 1. The van der Waals surface area contributed by atoms with E-state index in [1.165, 1.54) is 19.2 Å². The first-order valence-corrected chi connectivity index (χ1v) is 12.4. The molecule has 0 unspecified atom stereocenters. The van der Waals surface area contributed by atoms with Crippen LogP contribution in [0.15, 0.2) is 77.7 Å². The third-order valence-electron chi connectivity index (χ3n) is 5.15. The molecular formula is C25H27ClN2O4S. The van der Waals surface area contributed by atoms with Crippen molar-refractivity contribution >= 4 is 33.2 Å². The third-order valence-corrected chi connectivity index (χ3v) is 7.30. The van der Waals surface area contributed by atoms with Crippen molar-refractivity contribution < 1.29 is 17.9 Å². The minimum atomic E-state index is -4.00. The van der Waals surface area contributed by atoms with Gasteiger partial charge in [-0.25, -0.2) is 8.42 Å². The molecule has 0 aromatic heterocycles. The molecule has 0 aliphatic rings. The summed E-state index contributed by atoms with van der Waals surface area (Å²) in [5, 5.41) is 3.50. The Morgan fingerprint density at radius 2 is 1.67 bits per heavy atom. The lowest BCUT2D eigenvalue weighted by Crippen LogP contribution is -2.41. The van der Waals surface area contributed by atoms with Gasteiger partial charge in [0, 0.05) is 11.6 Å². The van der Waals surface area contributed by atoms with Crippen LogP contribution in [0, 0.1) is 6.92 Å². The van der Waals surface area contributed by atoms with Crippen LogP contribution in [0.5, 0.6) is 5.75 Å². The van der Waals surface area contributed by atoms with E-state index in [0.717, 1.165) is 15.4 Å². The first-order valence-electron chi connectivity index (χ1n) is 10.6. The van der Waals surface area contributed by atoms with Gasteiger partial charge >= 0.3 is 0 Å². The van der Waals surface area contributed by atoms with Crippen molar-refractivity contribution in [2.24, 2.45) is 0 Å². The zero-order valence-corrected chi connectivity index (χ0v) is 20.2. The standard InChI is InChI=1S/C25H27ClN2O4S/c1-19-13-15-21(16-14-19)33(30,31)28(23-11-5-6-12-24(23)32-2)18-25(29)27-17-7-9-20-8-3-4-10-22(20)26/h3-6,8,10-16H,7,9,17-18H2,1-2H3,(H,27,29). The monoisotopic (exact) mass is 486 g/mol. The highest BCUT2D eigenvalue weighted by Gasteiger charge is 2.29. The Labute approximate surface area is 200 Å². The predicted octanol–water partition coefficient (Wildman–Crippen LogP) is 4.60. The van der Waals surface area contributed by atoms with Crippen LogP contribution < -0.4 is 14.4 Å². The second-order valence-electron chi connectivity index (χ2n) is 7.54. The summed E-state index contributed by atoms with van der Waals surface area (Å²) in [6.07, 6.45) is 1.38. The summed E-state index contributed by atoms with van der Waals surface area (Å²) in [4.78, 5) is 12.9. The lowest BCUT2D eigenvalue weighted by Gasteiger charge is -2.25. The quantitative estimate of drug-likeness (QED) is 0.425. The van der Waals surface area contributed by atoms with Crippen molar-refractivity contribution in [3.63, 3.8) is 0 Å². The number of rotatable bonds is 10. The van der Waals surface area contributed by atoms with E-state index in [-0.39, 0.29) is 11.4 Å². The lowest BCUT2D eigenvalue weighted by molar-refractivity contribution is -0.119. The predicted molar refractivity (Wildman–Crippen MR) is 131 cm³/mol. The summed E-state index contributed by atoms with van der Waals surface area (Å²) in [5.41, 5.74) is 2.24. The second kappa shape index (κ2) is 11.2. The van der Waals surface area contributed by atoms with E-state index >= 15 is 0 Å². The van der Waals surface area contributed by atoms with Gasteiger partial charge in [-0.1, -0.05) is 59.6 Å². The number of carbonyl (C=O) groups excluding carboxylic acids is 1. The van der Waals surface area contributed by atoms with Gasteiger partial charge in [-0.2, -0.15) is 0 Å². The SMILES string of the molecule is COc1ccccc1N(CC(=O)NCCCc1ccccc1Cl)S(=O)(=O)c1ccc(C)cc1. The Balaban J connectivity index is 1.76. The first-order chi connectivity index (χ1) is 15.8. The zero-order chi connectivity index (χ0) is 23.8. The molecule has 0 heterocycles. The highest BCUT2D eigenvalue weighted by atomic mass is 35.5. The van der Waals surface area contributed by atoms with E-state index in [2.05, 4.69) is 5.32 Å². The Hall–Kier alpha value is -3.03. The zero-order valence-electron chi connectivity index (χ0n) is 18.6. The number of sulfonamides is 1.